The van der Waals surface area contributed by atoms with Crippen molar-refractivity contribution in [3.05, 3.63) is 42.0 Å². The maximum Gasteiger partial charge on any atom is 0.217 e. The largest absolute Gasteiger partial charge is 0.473 e. The van der Waals surface area contributed by atoms with Gasteiger partial charge < -0.3 is 9.47 Å². The Kier molecular flexibility index (Phi) is 7.20. The summed E-state index contributed by atoms with van der Waals surface area (Å²) in [6, 6.07) is 3.16. The topological polar surface area (TPSA) is 31.4 Å². The zero-order valence-electron chi connectivity index (χ0n) is 11.3. The number of hydrogen-bond acceptors (Lipinski definition) is 3. The van der Waals surface area contributed by atoms with Crippen LogP contribution in [0.2, 0.25) is 0 Å². The van der Waals surface area contributed by atoms with Crippen molar-refractivity contribution in [1.29, 1.82) is 0 Å². The molecule has 0 unspecified atom stereocenters. The number of pyridine rings is 1. The van der Waals surface area contributed by atoms with Crippen molar-refractivity contribution in [3.8, 4) is 11.8 Å². The second-order valence-corrected chi connectivity index (χ2v) is 6.07. The number of allylic oxidation sites excluding steroid dienone is 2. The average Bonchev–Trinajstić information content (AvgIpc) is 2.38. The number of hydrogen-bond donors (Lipinski definition) is 0. The summed E-state index contributed by atoms with van der Waals surface area (Å²) in [4.78, 5) is 4.20. The molecule has 0 saturated heterocycles. The average molecular weight is 337 g/mol. The van der Waals surface area contributed by atoms with Crippen molar-refractivity contribution in [2.24, 2.45) is 0 Å². The minimum Gasteiger partial charge on any atom is -0.473 e. The summed E-state index contributed by atoms with van der Waals surface area (Å²) in [5.41, 5.74) is 0.448. The van der Waals surface area contributed by atoms with E-state index >= 15 is 0 Å². The van der Waals surface area contributed by atoms with E-state index in [9.17, 15) is 0 Å². The van der Waals surface area contributed by atoms with E-state index < -0.39 is 3.79 Å². The Morgan fingerprint density at radius 1 is 1.00 bits per heavy atom. The molecule has 1 aromatic heterocycles. The molecule has 6 heteroatoms. The second kappa shape index (κ2) is 8.40. The molecule has 0 spiro atoms. The van der Waals surface area contributed by atoms with E-state index in [0.717, 1.165) is 0 Å². The molecule has 0 N–H and O–H groups in total. The van der Waals surface area contributed by atoms with Crippen LogP contribution in [0.4, 0.5) is 0 Å². The van der Waals surface area contributed by atoms with Crippen LogP contribution in [0.15, 0.2) is 36.4 Å². The Morgan fingerprint density at radius 2 is 1.45 bits per heavy atom. The van der Waals surface area contributed by atoms with E-state index in [2.05, 4.69) is 4.98 Å². The van der Waals surface area contributed by atoms with E-state index in [-0.39, 0.29) is 0 Å². The normalized spacial score (nSPS) is 12.2. The van der Waals surface area contributed by atoms with Crippen molar-refractivity contribution in [2.75, 3.05) is 13.2 Å². The molecule has 3 nitrogen and oxygen atoms in total. The lowest BCUT2D eigenvalue weighted by Crippen LogP contribution is -2.06. The maximum atomic E-state index is 5.89. The monoisotopic (exact) mass is 335 g/mol. The summed E-state index contributed by atoms with van der Waals surface area (Å²) >= 11 is 17.7. The number of nitrogens with zero attached hydrogens (tertiary/aromatic N) is 1. The molecular weight excluding hydrogens is 321 g/mol. The summed E-state index contributed by atoms with van der Waals surface area (Å²) in [5, 5.41) is 0. The van der Waals surface area contributed by atoms with Gasteiger partial charge in [0.05, 0.1) is 0 Å². The molecular formula is C14H16Cl3NO2. The first-order valence-electron chi connectivity index (χ1n) is 6.04. The first-order chi connectivity index (χ1) is 9.47. The van der Waals surface area contributed by atoms with E-state index in [1.807, 2.05) is 38.2 Å². The minimum absolute atomic E-state index is 0.349. The van der Waals surface area contributed by atoms with Crippen molar-refractivity contribution in [2.45, 2.75) is 17.6 Å². The number of halogens is 3. The predicted molar refractivity (Wildman–Crippen MR) is 84.1 cm³/mol. The highest BCUT2D eigenvalue weighted by molar-refractivity contribution is 6.66. The summed E-state index contributed by atoms with van der Waals surface area (Å²) in [6.45, 7) is 4.59. The molecule has 0 atom stereocenters. The summed E-state index contributed by atoms with van der Waals surface area (Å²) in [6.07, 6.45) is 7.46. The third kappa shape index (κ3) is 6.04. The van der Waals surface area contributed by atoms with Gasteiger partial charge in [0.1, 0.15) is 13.2 Å². The van der Waals surface area contributed by atoms with E-state index in [4.69, 9.17) is 44.3 Å². The molecule has 1 rings (SSSR count). The molecule has 0 aliphatic rings. The Hall–Kier alpha value is -0.900. The SMILES string of the molecule is CC=CCOc1cc(C(Cl)(Cl)Cl)cc(OCC=CC)n1. The van der Waals surface area contributed by atoms with E-state index in [1.165, 1.54) is 0 Å². The number of aromatic nitrogens is 1. The van der Waals surface area contributed by atoms with Gasteiger partial charge in [0.25, 0.3) is 0 Å². The molecule has 1 aromatic rings. The molecule has 0 aromatic carbocycles. The Bertz CT molecular complexity index is 448. The fourth-order valence-corrected chi connectivity index (χ4v) is 1.58. The highest BCUT2D eigenvalue weighted by Gasteiger charge is 2.25. The van der Waals surface area contributed by atoms with Gasteiger partial charge in [-0.1, -0.05) is 59.1 Å². The van der Waals surface area contributed by atoms with Crippen LogP contribution < -0.4 is 9.47 Å². The molecule has 0 saturated carbocycles. The van der Waals surface area contributed by atoms with Gasteiger partial charge >= 0.3 is 0 Å². The zero-order valence-corrected chi connectivity index (χ0v) is 13.5. The first kappa shape index (κ1) is 17.2. The fourth-order valence-electron chi connectivity index (χ4n) is 1.25. The van der Waals surface area contributed by atoms with Gasteiger partial charge in [0.15, 0.2) is 0 Å². The van der Waals surface area contributed by atoms with Crippen LogP contribution in [-0.2, 0) is 3.79 Å². The highest BCUT2D eigenvalue weighted by Crippen LogP contribution is 2.40. The number of alkyl halides is 3. The minimum atomic E-state index is -1.56. The number of ether oxygens (including phenoxy) is 2. The quantitative estimate of drug-likeness (QED) is 0.551. The Labute approximate surface area is 134 Å². The van der Waals surface area contributed by atoms with Gasteiger partial charge in [-0.05, 0) is 13.8 Å². The molecule has 1 heterocycles. The molecule has 0 fully saturated rings. The smallest absolute Gasteiger partial charge is 0.217 e. The van der Waals surface area contributed by atoms with Gasteiger partial charge in [0.2, 0.25) is 15.6 Å². The van der Waals surface area contributed by atoms with E-state index in [1.54, 1.807) is 12.1 Å². The van der Waals surface area contributed by atoms with Crippen LogP contribution in [-0.4, -0.2) is 18.2 Å². The van der Waals surface area contributed by atoms with Crippen molar-refractivity contribution in [1.82, 2.24) is 4.98 Å². The first-order valence-corrected chi connectivity index (χ1v) is 7.18. The van der Waals surface area contributed by atoms with Crippen LogP contribution in [0.1, 0.15) is 19.4 Å². The lowest BCUT2D eigenvalue weighted by molar-refractivity contribution is 0.318. The lowest BCUT2D eigenvalue weighted by Gasteiger charge is -2.14. The highest BCUT2D eigenvalue weighted by atomic mass is 35.6. The Morgan fingerprint density at radius 3 is 1.80 bits per heavy atom. The molecule has 0 bridgehead atoms. The lowest BCUT2D eigenvalue weighted by atomic mass is 10.3. The Balaban J connectivity index is 2.95. The van der Waals surface area contributed by atoms with Crippen LogP contribution >= 0.6 is 34.8 Å². The van der Waals surface area contributed by atoms with Crippen LogP contribution in [0.25, 0.3) is 0 Å². The summed E-state index contributed by atoms with van der Waals surface area (Å²) in [7, 11) is 0. The third-order valence-corrected chi connectivity index (χ3v) is 2.89. The third-order valence-electron chi connectivity index (χ3n) is 2.23. The van der Waals surface area contributed by atoms with Crippen LogP contribution in [0.3, 0.4) is 0 Å². The van der Waals surface area contributed by atoms with Crippen LogP contribution in [0, 0.1) is 0 Å². The summed E-state index contributed by atoms with van der Waals surface area (Å²) in [5.74, 6) is 0.699. The standard InChI is InChI=1S/C14H16Cl3NO2/c1-3-5-7-19-12-9-11(14(15,16)17)10-13(18-12)20-8-6-4-2/h3-6,9-10H,7-8H2,1-2H3. The summed E-state index contributed by atoms with van der Waals surface area (Å²) < 4.78 is 9.36. The van der Waals surface area contributed by atoms with Crippen molar-refractivity contribution < 1.29 is 9.47 Å². The van der Waals surface area contributed by atoms with Gasteiger partial charge in [0, 0.05) is 17.7 Å². The molecule has 0 aliphatic carbocycles. The maximum absolute atomic E-state index is 5.89. The fraction of sp³-hybridized carbons (Fsp3) is 0.357. The van der Waals surface area contributed by atoms with Gasteiger partial charge in [-0.15, -0.1) is 0 Å². The number of rotatable bonds is 6. The van der Waals surface area contributed by atoms with Gasteiger partial charge in [-0.25, -0.2) is 0 Å². The van der Waals surface area contributed by atoms with Gasteiger partial charge in [-0.2, -0.15) is 4.98 Å². The van der Waals surface area contributed by atoms with E-state index in [0.29, 0.717) is 30.5 Å². The van der Waals surface area contributed by atoms with Gasteiger partial charge in [-0.3, -0.25) is 0 Å². The van der Waals surface area contributed by atoms with Crippen molar-refractivity contribution >= 4 is 34.8 Å². The second-order valence-electron chi connectivity index (χ2n) is 3.79. The predicted octanol–water partition coefficient (Wildman–Crippen LogP) is 4.82. The molecule has 20 heavy (non-hydrogen) atoms. The van der Waals surface area contributed by atoms with Crippen LogP contribution in [0.5, 0.6) is 11.8 Å². The molecule has 0 aliphatic heterocycles. The van der Waals surface area contributed by atoms with Crippen molar-refractivity contribution in [3.63, 3.8) is 0 Å². The zero-order chi connectivity index (χ0) is 15.0. The molecule has 0 radical (unpaired) electrons. The molecule has 110 valence electrons. The molecule has 0 amide bonds.